The van der Waals surface area contributed by atoms with Crippen LogP contribution in [-0.2, 0) is 4.74 Å². The number of ether oxygens (including phenoxy) is 1. The fraction of sp³-hybridized carbons (Fsp3) is 1.00. The van der Waals surface area contributed by atoms with E-state index in [0.717, 1.165) is 0 Å². The van der Waals surface area contributed by atoms with Crippen molar-refractivity contribution in [3.05, 3.63) is 0 Å². The van der Waals surface area contributed by atoms with Crippen molar-refractivity contribution in [2.24, 2.45) is 11.7 Å². The molecule has 0 aliphatic carbocycles. The van der Waals surface area contributed by atoms with Gasteiger partial charge in [0.15, 0.2) is 0 Å². The van der Waals surface area contributed by atoms with E-state index in [9.17, 15) is 13.2 Å². The maximum atomic E-state index is 12.1. The van der Waals surface area contributed by atoms with Gasteiger partial charge < -0.3 is 10.5 Å². The highest BCUT2D eigenvalue weighted by Gasteiger charge is 2.37. The van der Waals surface area contributed by atoms with Crippen LogP contribution >= 0.6 is 0 Å². The Balaban J connectivity index is 4.48. The molecule has 0 aliphatic rings. The molecule has 0 radical (unpaired) electrons. The van der Waals surface area contributed by atoms with Crippen molar-refractivity contribution in [3.63, 3.8) is 0 Å². The second kappa shape index (κ2) is 5.67. The third-order valence-corrected chi connectivity index (χ3v) is 2.51. The summed E-state index contributed by atoms with van der Waals surface area (Å²) in [5, 5.41) is 2.45. The average molecular weight is 228 g/mol. The molecule has 0 aromatic rings. The summed E-state index contributed by atoms with van der Waals surface area (Å²) in [7, 11) is 1.45. The molecule has 1 atom stereocenters. The Morgan fingerprint density at radius 2 is 1.87 bits per heavy atom. The number of methoxy groups -OCH3 is 1. The number of alkyl halides is 3. The van der Waals surface area contributed by atoms with Crippen LogP contribution < -0.4 is 11.1 Å². The molecule has 0 bridgehead atoms. The zero-order valence-electron chi connectivity index (χ0n) is 9.32. The van der Waals surface area contributed by atoms with Crippen LogP contribution in [-0.4, -0.2) is 38.5 Å². The highest BCUT2D eigenvalue weighted by Crippen LogP contribution is 2.20. The second-order valence-electron chi connectivity index (χ2n) is 3.92. The van der Waals surface area contributed by atoms with E-state index in [2.05, 4.69) is 5.32 Å². The Morgan fingerprint density at radius 1 is 1.33 bits per heavy atom. The van der Waals surface area contributed by atoms with E-state index in [1.807, 2.05) is 13.8 Å². The summed E-state index contributed by atoms with van der Waals surface area (Å²) in [5.41, 5.74) is 4.70. The molecule has 6 heteroatoms. The molecule has 3 N–H and O–H groups in total. The SMILES string of the molecule is COCC(CN)(NCC(F)(F)F)C(C)C. The van der Waals surface area contributed by atoms with Crippen LogP contribution in [0.5, 0.6) is 0 Å². The van der Waals surface area contributed by atoms with Crippen LogP contribution in [0.15, 0.2) is 0 Å². The lowest BCUT2D eigenvalue weighted by molar-refractivity contribution is -0.131. The molecular weight excluding hydrogens is 209 g/mol. The standard InChI is InChI=1S/C9H19F3N2O/c1-7(2)8(4-13,6-15-3)14-5-9(10,11)12/h7,14H,4-6,13H2,1-3H3. The molecular formula is C9H19F3N2O. The fourth-order valence-corrected chi connectivity index (χ4v) is 1.32. The first-order chi connectivity index (χ1) is 6.77. The molecule has 3 nitrogen and oxygen atoms in total. The van der Waals surface area contributed by atoms with Gasteiger partial charge in [0.2, 0.25) is 0 Å². The average Bonchev–Trinajstić information content (AvgIpc) is 2.10. The molecule has 0 saturated heterocycles. The summed E-state index contributed by atoms with van der Waals surface area (Å²) in [6.07, 6.45) is -4.23. The van der Waals surface area contributed by atoms with Gasteiger partial charge in [0.25, 0.3) is 0 Å². The van der Waals surface area contributed by atoms with Gasteiger partial charge in [0.05, 0.1) is 18.7 Å². The van der Waals surface area contributed by atoms with E-state index < -0.39 is 18.3 Å². The Morgan fingerprint density at radius 3 is 2.13 bits per heavy atom. The summed E-state index contributed by atoms with van der Waals surface area (Å²) in [6.45, 7) is 2.85. The van der Waals surface area contributed by atoms with E-state index in [1.54, 1.807) is 0 Å². The zero-order chi connectivity index (χ0) is 12.1. The van der Waals surface area contributed by atoms with E-state index in [1.165, 1.54) is 7.11 Å². The first-order valence-corrected chi connectivity index (χ1v) is 4.78. The van der Waals surface area contributed by atoms with Crippen LogP contribution in [0.3, 0.4) is 0 Å². The first kappa shape index (κ1) is 14.7. The van der Waals surface area contributed by atoms with Crippen LogP contribution in [0, 0.1) is 5.92 Å². The highest BCUT2D eigenvalue weighted by molar-refractivity contribution is 4.92. The maximum Gasteiger partial charge on any atom is 0.401 e. The van der Waals surface area contributed by atoms with Crippen molar-refractivity contribution in [2.75, 3.05) is 26.8 Å². The van der Waals surface area contributed by atoms with Crippen LogP contribution in [0.25, 0.3) is 0 Å². The van der Waals surface area contributed by atoms with Gasteiger partial charge in [-0.3, -0.25) is 5.32 Å². The summed E-state index contributed by atoms with van der Waals surface area (Å²) < 4.78 is 41.2. The van der Waals surface area contributed by atoms with Gasteiger partial charge in [-0.25, -0.2) is 0 Å². The topological polar surface area (TPSA) is 47.3 Å². The predicted molar refractivity (Wildman–Crippen MR) is 52.6 cm³/mol. The number of nitrogens with two attached hydrogens (primary N) is 1. The molecule has 0 heterocycles. The smallest absolute Gasteiger partial charge is 0.383 e. The minimum absolute atomic E-state index is 0.0372. The quantitative estimate of drug-likeness (QED) is 0.716. The van der Waals surface area contributed by atoms with Gasteiger partial charge in [0.1, 0.15) is 0 Å². The molecule has 92 valence electrons. The van der Waals surface area contributed by atoms with Crippen molar-refractivity contribution >= 4 is 0 Å². The molecule has 0 spiro atoms. The van der Waals surface area contributed by atoms with Gasteiger partial charge in [-0.1, -0.05) is 13.8 Å². The second-order valence-corrected chi connectivity index (χ2v) is 3.92. The van der Waals surface area contributed by atoms with Crippen molar-refractivity contribution in [1.82, 2.24) is 5.32 Å². The molecule has 0 rings (SSSR count). The fourth-order valence-electron chi connectivity index (χ4n) is 1.32. The summed E-state index contributed by atoms with van der Waals surface area (Å²) >= 11 is 0. The van der Waals surface area contributed by atoms with Crippen LogP contribution in [0.4, 0.5) is 13.2 Å². The Kier molecular flexibility index (Phi) is 5.55. The van der Waals surface area contributed by atoms with Crippen LogP contribution in [0.2, 0.25) is 0 Å². The predicted octanol–water partition coefficient (Wildman–Crippen LogP) is 1.14. The molecule has 0 amide bonds. The highest BCUT2D eigenvalue weighted by atomic mass is 19.4. The minimum Gasteiger partial charge on any atom is -0.383 e. The van der Waals surface area contributed by atoms with Gasteiger partial charge in [-0.15, -0.1) is 0 Å². The number of hydrogen-bond donors (Lipinski definition) is 2. The summed E-state index contributed by atoms with van der Waals surface area (Å²) in [4.78, 5) is 0. The minimum atomic E-state index is -4.23. The largest absolute Gasteiger partial charge is 0.401 e. The number of rotatable bonds is 6. The third kappa shape index (κ3) is 4.81. The van der Waals surface area contributed by atoms with Crippen LogP contribution in [0.1, 0.15) is 13.8 Å². The van der Waals surface area contributed by atoms with Crippen molar-refractivity contribution in [1.29, 1.82) is 0 Å². The molecule has 0 aromatic carbocycles. The molecule has 0 aromatic heterocycles. The lowest BCUT2D eigenvalue weighted by Gasteiger charge is -2.37. The Labute approximate surface area is 88.2 Å². The summed E-state index contributed by atoms with van der Waals surface area (Å²) in [6, 6.07) is 0. The third-order valence-electron chi connectivity index (χ3n) is 2.51. The van der Waals surface area contributed by atoms with Gasteiger partial charge in [-0.2, -0.15) is 13.2 Å². The molecule has 15 heavy (non-hydrogen) atoms. The Hall–Kier alpha value is -0.330. The van der Waals surface area contributed by atoms with Crippen molar-refractivity contribution in [2.45, 2.75) is 25.6 Å². The van der Waals surface area contributed by atoms with E-state index in [0.29, 0.717) is 0 Å². The van der Waals surface area contributed by atoms with E-state index >= 15 is 0 Å². The lowest BCUT2D eigenvalue weighted by atomic mass is 9.87. The zero-order valence-corrected chi connectivity index (χ0v) is 9.32. The van der Waals surface area contributed by atoms with Gasteiger partial charge in [0, 0.05) is 13.7 Å². The molecule has 0 saturated carbocycles. The number of nitrogens with one attached hydrogen (secondary N) is 1. The van der Waals surface area contributed by atoms with Gasteiger partial charge >= 0.3 is 6.18 Å². The monoisotopic (exact) mass is 228 g/mol. The van der Waals surface area contributed by atoms with E-state index in [-0.39, 0.29) is 19.1 Å². The van der Waals surface area contributed by atoms with Gasteiger partial charge in [-0.05, 0) is 5.92 Å². The van der Waals surface area contributed by atoms with E-state index in [4.69, 9.17) is 10.5 Å². The molecule has 1 unspecified atom stereocenters. The number of hydrogen-bond acceptors (Lipinski definition) is 3. The van der Waals surface area contributed by atoms with Crippen molar-refractivity contribution < 1.29 is 17.9 Å². The number of halogens is 3. The summed E-state index contributed by atoms with van der Waals surface area (Å²) in [5.74, 6) is -0.0372. The maximum absolute atomic E-state index is 12.1. The molecule has 0 fully saturated rings. The molecule has 0 aliphatic heterocycles. The Bertz CT molecular complexity index is 185. The van der Waals surface area contributed by atoms with Crippen molar-refractivity contribution in [3.8, 4) is 0 Å². The lowest BCUT2D eigenvalue weighted by Crippen LogP contribution is -2.60. The first-order valence-electron chi connectivity index (χ1n) is 4.78. The normalized spacial score (nSPS) is 16.8.